The van der Waals surface area contributed by atoms with Crippen LogP contribution in [0.3, 0.4) is 0 Å². The summed E-state index contributed by atoms with van der Waals surface area (Å²) in [5.41, 5.74) is 0.930. The van der Waals surface area contributed by atoms with Crippen LogP contribution in [0, 0.1) is 0 Å². The topological polar surface area (TPSA) is 29.5 Å². The van der Waals surface area contributed by atoms with Gasteiger partial charge in [0.2, 0.25) is 0 Å². The maximum absolute atomic E-state index is 12.0. The number of hydrogen-bond donors (Lipinski definition) is 0. The van der Waals surface area contributed by atoms with Gasteiger partial charge in [-0.3, -0.25) is 0 Å². The third-order valence-electron chi connectivity index (χ3n) is 3.08. The van der Waals surface area contributed by atoms with E-state index in [-0.39, 0.29) is 18.1 Å². The summed E-state index contributed by atoms with van der Waals surface area (Å²) >= 11 is 10.8. The van der Waals surface area contributed by atoms with Gasteiger partial charge in [-0.05, 0) is 56.8 Å². The van der Waals surface area contributed by atoms with Crippen LogP contribution in [-0.2, 0) is 9.53 Å². The van der Waals surface area contributed by atoms with Gasteiger partial charge in [0.25, 0.3) is 0 Å². The van der Waals surface area contributed by atoms with E-state index in [9.17, 15) is 4.79 Å². The van der Waals surface area contributed by atoms with Crippen LogP contribution in [0.2, 0.25) is 5.02 Å². The standard InChI is InChI=1S/C15H20ClNO2S/c1-4-19-15(18)12(3)17(11(2)9-10-20)14-7-5-13(16)6-8-14/h5-8,10-12H,4,9H2,1-3H3/t11?,12-/m0/s1. The Kier molecular flexibility index (Phi) is 6.96. The Labute approximate surface area is 130 Å². The highest BCUT2D eigenvalue weighted by Crippen LogP contribution is 2.24. The summed E-state index contributed by atoms with van der Waals surface area (Å²) in [5.74, 6) is -0.237. The van der Waals surface area contributed by atoms with Gasteiger partial charge in [0, 0.05) is 16.8 Å². The van der Waals surface area contributed by atoms with E-state index in [0.717, 1.165) is 5.69 Å². The lowest BCUT2D eigenvalue weighted by Gasteiger charge is -2.35. The molecule has 3 nitrogen and oxygen atoms in total. The number of carbonyl (C=O) groups is 1. The first-order valence-electron chi connectivity index (χ1n) is 6.65. The van der Waals surface area contributed by atoms with Crippen molar-refractivity contribution in [1.29, 1.82) is 0 Å². The summed E-state index contributed by atoms with van der Waals surface area (Å²) in [6.07, 6.45) is 0.710. The lowest BCUT2D eigenvalue weighted by molar-refractivity contribution is -0.144. The molecule has 110 valence electrons. The maximum atomic E-state index is 12.0. The SMILES string of the molecule is CCOC(=O)[C@H](C)N(c1ccc(Cl)cc1)C(C)CC=S. The molecule has 1 unspecified atom stereocenters. The molecule has 5 heteroatoms. The lowest BCUT2D eigenvalue weighted by atomic mass is 10.1. The highest BCUT2D eigenvalue weighted by Gasteiger charge is 2.26. The molecule has 0 amide bonds. The maximum Gasteiger partial charge on any atom is 0.328 e. The molecule has 1 aromatic rings. The second-order valence-corrected chi connectivity index (χ2v) is 5.33. The molecule has 1 aromatic carbocycles. The molecule has 0 bridgehead atoms. The van der Waals surface area contributed by atoms with E-state index in [1.807, 2.05) is 43.0 Å². The third kappa shape index (κ3) is 4.46. The fourth-order valence-corrected chi connectivity index (χ4v) is 2.51. The van der Waals surface area contributed by atoms with Gasteiger partial charge >= 0.3 is 5.97 Å². The molecular formula is C15H20ClNO2S. The minimum Gasteiger partial charge on any atom is -0.464 e. The predicted octanol–water partition coefficient (Wildman–Crippen LogP) is 3.88. The summed E-state index contributed by atoms with van der Waals surface area (Å²) in [6.45, 7) is 6.05. The first kappa shape index (κ1) is 16.9. The van der Waals surface area contributed by atoms with Crippen molar-refractivity contribution < 1.29 is 9.53 Å². The molecule has 0 aliphatic carbocycles. The van der Waals surface area contributed by atoms with Gasteiger partial charge in [0.15, 0.2) is 0 Å². The Morgan fingerprint density at radius 3 is 2.50 bits per heavy atom. The molecule has 20 heavy (non-hydrogen) atoms. The Bertz CT molecular complexity index is 450. The summed E-state index contributed by atoms with van der Waals surface area (Å²) in [7, 11) is 0. The average molecular weight is 314 g/mol. The fourth-order valence-electron chi connectivity index (χ4n) is 2.10. The van der Waals surface area contributed by atoms with Crippen LogP contribution < -0.4 is 4.90 Å². The Hall–Kier alpha value is -1.13. The molecule has 0 heterocycles. The Balaban J connectivity index is 3.04. The van der Waals surface area contributed by atoms with Crippen molar-refractivity contribution in [2.45, 2.75) is 39.3 Å². The van der Waals surface area contributed by atoms with Crippen molar-refractivity contribution in [3.05, 3.63) is 29.3 Å². The molecule has 0 fully saturated rings. The first-order chi connectivity index (χ1) is 9.51. The van der Waals surface area contributed by atoms with Gasteiger partial charge in [-0.25, -0.2) is 4.79 Å². The zero-order chi connectivity index (χ0) is 15.1. The largest absolute Gasteiger partial charge is 0.464 e. The van der Waals surface area contributed by atoms with Crippen LogP contribution in [0.15, 0.2) is 24.3 Å². The summed E-state index contributed by atoms with van der Waals surface area (Å²) in [5, 5.41) is 2.35. The highest BCUT2D eigenvalue weighted by molar-refractivity contribution is 7.78. The van der Waals surface area contributed by atoms with Crippen LogP contribution in [-0.4, -0.2) is 30.0 Å². The first-order valence-corrected chi connectivity index (χ1v) is 7.50. The van der Waals surface area contributed by atoms with Crippen LogP contribution in [0.5, 0.6) is 0 Å². The normalized spacial score (nSPS) is 13.4. The van der Waals surface area contributed by atoms with Crippen molar-refractivity contribution in [1.82, 2.24) is 0 Å². The monoisotopic (exact) mass is 313 g/mol. The molecule has 0 radical (unpaired) electrons. The molecule has 0 saturated heterocycles. The van der Waals surface area contributed by atoms with E-state index in [1.54, 1.807) is 12.3 Å². The highest BCUT2D eigenvalue weighted by atomic mass is 35.5. The second-order valence-electron chi connectivity index (χ2n) is 4.56. The summed E-state index contributed by atoms with van der Waals surface area (Å²) in [4.78, 5) is 14.0. The van der Waals surface area contributed by atoms with Crippen molar-refractivity contribution in [2.24, 2.45) is 0 Å². The van der Waals surface area contributed by atoms with Crippen LogP contribution in [0.4, 0.5) is 5.69 Å². The fraction of sp³-hybridized carbons (Fsp3) is 0.467. The number of esters is 1. The number of nitrogens with zero attached hydrogens (tertiary/aromatic N) is 1. The number of thiocarbonyl (C=S) groups is 1. The zero-order valence-corrected chi connectivity index (χ0v) is 13.6. The van der Waals surface area contributed by atoms with E-state index < -0.39 is 0 Å². The summed E-state index contributed by atoms with van der Waals surface area (Å²) < 4.78 is 5.12. The van der Waals surface area contributed by atoms with E-state index in [1.165, 1.54) is 0 Å². The predicted molar refractivity (Wildman–Crippen MR) is 87.8 cm³/mol. The molecule has 0 N–H and O–H groups in total. The van der Waals surface area contributed by atoms with Crippen LogP contribution in [0.1, 0.15) is 27.2 Å². The summed E-state index contributed by atoms with van der Waals surface area (Å²) in [6, 6.07) is 7.15. The van der Waals surface area contributed by atoms with Gasteiger partial charge in [-0.2, -0.15) is 0 Å². The van der Waals surface area contributed by atoms with E-state index in [4.69, 9.17) is 28.6 Å². The van der Waals surface area contributed by atoms with E-state index >= 15 is 0 Å². The van der Waals surface area contributed by atoms with Crippen molar-refractivity contribution in [3.8, 4) is 0 Å². The number of hydrogen-bond acceptors (Lipinski definition) is 4. The molecule has 0 saturated carbocycles. The van der Waals surface area contributed by atoms with E-state index in [0.29, 0.717) is 18.1 Å². The second kappa shape index (κ2) is 8.22. The van der Waals surface area contributed by atoms with E-state index in [2.05, 4.69) is 0 Å². The minimum atomic E-state index is -0.374. The van der Waals surface area contributed by atoms with Crippen LogP contribution >= 0.6 is 23.8 Å². The smallest absolute Gasteiger partial charge is 0.328 e. The van der Waals surface area contributed by atoms with Gasteiger partial charge in [-0.15, -0.1) is 0 Å². The molecular weight excluding hydrogens is 294 g/mol. The molecule has 0 aliphatic heterocycles. The van der Waals surface area contributed by atoms with Gasteiger partial charge in [-0.1, -0.05) is 23.8 Å². The molecule has 0 spiro atoms. The zero-order valence-electron chi connectivity index (χ0n) is 12.0. The lowest BCUT2D eigenvalue weighted by Crippen LogP contribution is -2.45. The molecule has 0 aliphatic rings. The minimum absolute atomic E-state index is 0.105. The quantitative estimate of drug-likeness (QED) is 0.564. The van der Waals surface area contributed by atoms with Gasteiger partial charge in [0.05, 0.1) is 6.61 Å². The average Bonchev–Trinajstić information content (AvgIpc) is 2.41. The molecule has 1 rings (SSSR count). The number of anilines is 1. The Morgan fingerprint density at radius 2 is 2.00 bits per heavy atom. The number of benzene rings is 1. The van der Waals surface area contributed by atoms with Crippen molar-refractivity contribution in [3.63, 3.8) is 0 Å². The van der Waals surface area contributed by atoms with Crippen molar-refractivity contribution in [2.75, 3.05) is 11.5 Å². The number of ether oxygens (including phenoxy) is 1. The number of halogens is 1. The number of rotatable bonds is 7. The molecule has 0 aromatic heterocycles. The number of carbonyl (C=O) groups excluding carboxylic acids is 1. The molecule has 2 atom stereocenters. The Morgan fingerprint density at radius 1 is 1.40 bits per heavy atom. The van der Waals surface area contributed by atoms with Gasteiger partial charge in [0.1, 0.15) is 6.04 Å². The van der Waals surface area contributed by atoms with Gasteiger partial charge < -0.3 is 9.64 Å². The van der Waals surface area contributed by atoms with Crippen molar-refractivity contribution >= 4 is 40.8 Å². The third-order valence-corrected chi connectivity index (χ3v) is 3.53. The van der Waals surface area contributed by atoms with Crippen LogP contribution in [0.25, 0.3) is 0 Å².